The quantitative estimate of drug-likeness (QED) is 0.510. The molecule has 12 nitrogen and oxygen atoms in total. The summed E-state index contributed by atoms with van der Waals surface area (Å²) in [7, 11) is 1.47. The van der Waals surface area contributed by atoms with Crippen molar-refractivity contribution in [2.45, 2.75) is 38.8 Å². The zero-order valence-electron chi connectivity index (χ0n) is 19.3. The number of rotatable bonds is 5. The lowest BCUT2D eigenvalue weighted by atomic mass is 10.2. The van der Waals surface area contributed by atoms with Crippen molar-refractivity contribution in [3.8, 4) is 11.4 Å². The fourth-order valence-electron chi connectivity index (χ4n) is 3.80. The Kier molecular flexibility index (Phi) is 5.90. The number of aromatic nitrogens is 4. The lowest BCUT2D eigenvalue weighted by Gasteiger charge is -2.24. The summed E-state index contributed by atoms with van der Waals surface area (Å²) < 4.78 is 12.0. The summed E-state index contributed by atoms with van der Waals surface area (Å²) in [5, 5.41) is 12.8. The van der Waals surface area contributed by atoms with Gasteiger partial charge in [0.1, 0.15) is 16.9 Å². The molecule has 3 N–H and O–H groups in total. The molecule has 1 aliphatic heterocycles. The Bertz CT molecular complexity index is 1310. The van der Waals surface area contributed by atoms with Gasteiger partial charge in [-0.1, -0.05) is 12.1 Å². The number of aromatic carboxylic acids is 1. The van der Waals surface area contributed by atoms with Gasteiger partial charge in [0.25, 0.3) is 0 Å². The van der Waals surface area contributed by atoms with Crippen molar-refractivity contribution in [3.05, 3.63) is 40.4 Å². The molecule has 1 atom stereocenters. The molecular weight excluding hydrogens is 444 g/mol. The van der Waals surface area contributed by atoms with Crippen molar-refractivity contribution < 1.29 is 24.2 Å². The third kappa shape index (κ3) is 4.51. The number of hydrogen-bond donors (Lipinski definition) is 3. The van der Waals surface area contributed by atoms with Crippen LogP contribution in [0.3, 0.4) is 0 Å². The number of carbonyl (C=O) groups excluding carboxylic acids is 1. The number of fused-ring (bicyclic) bond motifs is 1. The predicted octanol–water partition coefficient (Wildman–Crippen LogP) is 2.24. The zero-order chi connectivity index (χ0) is 24.6. The number of likely N-dealkylation sites (tertiary alicyclic amines) is 1. The molecule has 1 fully saturated rings. The maximum atomic E-state index is 12.8. The highest BCUT2D eigenvalue weighted by atomic mass is 16.6. The highest BCUT2D eigenvalue weighted by molar-refractivity contribution is 5.98. The summed E-state index contributed by atoms with van der Waals surface area (Å²) >= 11 is 0. The van der Waals surface area contributed by atoms with E-state index in [4.69, 9.17) is 9.47 Å². The molecule has 3 heterocycles. The minimum absolute atomic E-state index is 0.00393. The summed E-state index contributed by atoms with van der Waals surface area (Å²) in [5.74, 6) is -0.867. The molecule has 12 heteroatoms. The number of nitrogens with one attached hydrogen (secondary N) is 2. The summed E-state index contributed by atoms with van der Waals surface area (Å²) in [4.78, 5) is 49.7. The van der Waals surface area contributed by atoms with Crippen LogP contribution in [0, 0.1) is 0 Å². The third-order valence-corrected chi connectivity index (χ3v) is 5.24. The van der Waals surface area contributed by atoms with E-state index in [0.29, 0.717) is 30.9 Å². The zero-order valence-corrected chi connectivity index (χ0v) is 19.3. The number of nitrogens with zero attached hydrogens (tertiary/aromatic N) is 4. The van der Waals surface area contributed by atoms with Gasteiger partial charge >= 0.3 is 17.8 Å². The number of aromatic amines is 1. The molecule has 1 aromatic carbocycles. The first-order valence-electron chi connectivity index (χ1n) is 10.7. The Hall–Kier alpha value is -4.09. The molecule has 0 aliphatic carbocycles. The molecule has 34 heavy (non-hydrogen) atoms. The molecular formula is C22H26N6O6. The molecule has 4 rings (SSSR count). The number of H-pyrrole nitrogens is 1. The second-order valence-electron chi connectivity index (χ2n) is 8.89. The number of carbonyl (C=O) groups is 2. The Labute approximate surface area is 194 Å². The molecule has 0 spiro atoms. The standard InChI is InChI=1S/C22H26N6O6/c1-22(2,3)34-21(32)27-10-9-12(11-27)23-19-24-16(18(29)30)15-17(26-19)28(20(31)25-15)13-7-5-6-8-14(13)33-4/h5-8,12H,9-11H2,1-4H3,(H,25,31)(H,29,30)(H,23,24,26). The van der Waals surface area contributed by atoms with E-state index in [2.05, 4.69) is 20.3 Å². The summed E-state index contributed by atoms with van der Waals surface area (Å²) in [6.45, 7) is 6.20. The van der Waals surface area contributed by atoms with Crippen LogP contribution in [-0.4, -0.2) is 73.4 Å². The van der Waals surface area contributed by atoms with Gasteiger partial charge in [0.05, 0.1) is 12.8 Å². The number of ether oxygens (including phenoxy) is 2. The average molecular weight is 470 g/mol. The average Bonchev–Trinajstić information content (AvgIpc) is 3.35. The topological polar surface area (TPSA) is 152 Å². The molecule has 0 saturated carbocycles. The minimum Gasteiger partial charge on any atom is -0.495 e. The summed E-state index contributed by atoms with van der Waals surface area (Å²) in [6.07, 6.45) is 0.171. The number of carboxylic acids is 1. The maximum Gasteiger partial charge on any atom is 0.410 e. The molecule has 3 aromatic rings. The number of imidazole rings is 1. The Morgan fingerprint density at radius 2 is 1.97 bits per heavy atom. The normalized spacial score (nSPS) is 16.0. The van der Waals surface area contributed by atoms with E-state index >= 15 is 0 Å². The number of amides is 1. The second kappa shape index (κ2) is 8.69. The van der Waals surface area contributed by atoms with Gasteiger partial charge in [-0.05, 0) is 39.3 Å². The number of carboxylic acid groups (broad SMARTS) is 1. The Morgan fingerprint density at radius 1 is 1.24 bits per heavy atom. The van der Waals surface area contributed by atoms with Crippen LogP contribution in [0.25, 0.3) is 16.9 Å². The fourth-order valence-corrected chi connectivity index (χ4v) is 3.80. The van der Waals surface area contributed by atoms with Gasteiger partial charge in [-0.2, -0.15) is 4.98 Å². The number of hydrogen-bond acceptors (Lipinski definition) is 8. The first kappa shape index (κ1) is 23.1. The first-order chi connectivity index (χ1) is 16.1. The Balaban J connectivity index is 1.69. The number of benzene rings is 1. The third-order valence-electron chi connectivity index (χ3n) is 5.24. The minimum atomic E-state index is -1.31. The number of anilines is 1. The van der Waals surface area contributed by atoms with Crippen LogP contribution < -0.4 is 15.7 Å². The van der Waals surface area contributed by atoms with Crippen molar-refractivity contribution in [2.24, 2.45) is 0 Å². The van der Waals surface area contributed by atoms with Crippen molar-refractivity contribution in [1.29, 1.82) is 0 Å². The van der Waals surface area contributed by atoms with Crippen LogP contribution in [0.2, 0.25) is 0 Å². The predicted molar refractivity (Wildman–Crippen MR) is 123 cm³/mol. The number of methoxy groups -OCH3 is 1. The molecule has 1 aliphatic rings. The molecule has 1 unspecified atom stereocenters. The van der Waals surface area contributed by atoms with Gasteiger partial charge in [0, 0.05) is 19.1 Å². The van der Waals surface area contributed by atoms with Crippen molar-refractivity contribution in [3.63, 3.8) is 0 Å². The second-order valence-corrected chi connectivity index (χ2v) is 8.89. The summed E-state index contributed by atoms with van der Waals surface area (Å²) in [6, 6.07) is 6.60. The molecule has 1 amide bonds. The number of para-hydroxylation sites is 2. The van der Waals surface area contributed by atoms with Crippen molar-refractivity contribution >= 4 is 29.2 Å². The van der Waals surface area contributed by atoms with Crippen molar-refractivity contribution in [1.82, 2.24) is 24.4 Å². The van der Waals surface area contributed by atoms with E-state index in [1.165, 1.54) is 11.7 Å². The van der Waals surface area contributed by atoms with E-state index in [1.54, 1.807) is 49.9 Å². The van der Waals surface area contributed by atoms with Crippen LogP contribution in [0.4, 0.5) is 10.7 Å². The SMILES string of the molecule is COc1ccccc1-n1c(=O)[nH]c2c(C(=O)O)nc(NC3CCN(C(=O)OC(C)(C)C)C3)nc21. The molecule has 0 radical (unpaired) electrons. The highest BCUT2D eigenvalue weighted by Gasteiger charge is 2.31. The van der Waals surface area contributed by atoms with Crippen LogP contribution >= 0.6 is 0 Å². The van der Waals surface area contributed by atoms with Gasteiger partial charge in [-0.15, -0.1) is 0 Å². The molecule has 2 aromatic heterocycles. The van der Waals surface area contributed by atoms with E-state index in [9.17, 15) is 19.5 Å². The van der Waals surface area contributed by atoms with Crippen LogP contribution in [-0.2, 0) is 4.74 Å². The molecule has 1 saturated heterocycles. The maximum absolute atomic E-state index is 12.8. The summed E-state index contributed by atoms with van der Waals surface area (Å²) in [5.41, 5.74) is -1.05. The van der Waals surface area contributed by atoms with Crippen molar-refractivity contribution in [2.75, 3.05) is 25.5 Å². The van der Waals surface area contributed by atoms with E-state index in [0.717, 1.165) is 0 Å². The Morgan fingerprint density at radius 3 is 2.65 bits per heavy atom. The largest absolute Gasteiger partial charge is 0.495 e. The van der Waals surface area contributed by atoms with Gasteiger partial charge in [0.15, 0.2) is 11.3 Å². The van der Waals surface area contributed by atoms with E-state index < -0.39 is 23.4 Å². The van der Waals surface area contributed by atoms with Gasteiger partial charge in [-0.3, -0.25) is 0 Å². The highest BCUT2D eigenvalue weighted by Crippen LogP contribution is 2.26. The van der Waals surface area contributed by atoms with Crippen LogP contribution in [0.5, 0.6) is 5.75 Å². The van der Waals surface area contributed by atoms with Gasteiger partial charge < -0.3 is 29.8 Å². The monoisotopic (exact) mass is 470 g/mol. The lowest BCUT2D eigenvalue weighted by molar-refractivity contribution is 0.0293. The fraction of sp³-hybridized carbons (Fsp3) is 0.409. The smallest absolute Gasteiger partial charge is 0.410 e. The molecule has 0 bridgehead atoms. The molecule has 180 valence electrons. The van der Waals surface area contributed by atoms with Crippen LogP contribution in [0.1, 0.15) is 37.7 Å². The van der Waals surface area contributed by atoms with E-state index in [-0.39, 0.29) is 28.8 Å². The van der Waals surface area contributed by atoms with Crippen LogP contribution in [0.15, 0.2) is 29.1 Å². The first-order valence-corrected chi connectivity index (χ1v) is 10.7. The van der Waals surface area contributed by atoms with Gasteiger partial charge in [-0.25, -0.2) is 23.9 Å². The lowest BCUT2D eigenvalue weighted by Crippen LogP contribution is -2.36. The van der Waals surface area contributed by atoms with Gasteiger partial charge in [0.2, 0.25) is 5.95 Å². The van der Waals surface area contributed by atoms with E-state index in [1.807, 2.05) is 0 Å².